The van der Waals surface area contributed by atoms with E-state index < -0.39 is 17.5 Å². The summed E-state index contributed by atoms with van der Waals surface area (Å²) in [4.78, 5) is 11.9. The molecule has 0 radical (unpaired) electrons. The number of hydrogen-bond acceptors (Lipinski definition) is 4. The molecule has 0 spiro atoms. The number of hydrogen-bond donors (Lipinski definition) is 1. The maximum atomic E-state index is 13.1. The van der Waals surface area contributed by atoms with E-state index in [1.54, 1.807) is 36.3 Å². The van der Waals surface area contributed by atoms with E-state index in [0.717, 1.165) is 17.7 Å². The first-order valence-corrected chi connectivity index (χ1v) is 7.08. The molecule has 0 aliphatic rings. The summed E-state index contributed by atoms with van der Waals surface area (Å²) in [6, 6.07) is 6.65. The lowest BCUT2D eigenvalue weighted by atomic mass is 10.1. The maximum absolute atomic E-state index is 13.1. The minimum atomic E-state index is -0.985. The van der Waals surface area contributed by atoms with Gasteiger partial charge >= 0.3 is 0 Å². The maximum Gasteiger partial charge on any atom is 0.229 e. The van der Waals surface area contributed by atoms with E-state index in [-0.39, 0.29) is 12.2 Å². The van der Waals surface area contributed by atoms with Crippen LogP contribution in [0, 0.1) is 11.6 Å². The van der Waals surface area contributed by atoms with E-state index in [1.807, 2.05) is 0 Å². The van der Waals surface area contributed by atoms with Gasteiger partial charge in [-0.1, -0.05) is 6.07 Å². The van der Waals surface area contributed by atoms with Crippen molar-refractivity contribution in [1.82, 2.24) is 20.0 Å². The molecule has 8 heteroatoms. The number of carbonyl (C=O) groups is 1. The number of nitrogens with one attached hydrogen (secondary N) is 1. The second-order valence-electron chi connectivity index (χ2n) is 5.18. The average Bonchev–Trinajstić information content (AvgIpc) is 2.98. The monoisotopic (exact) mass is 329 g/mol. The molecule has 0 bridgehead atoms. The Hall–Kier alpha value is -3.16. The second-order valence-corrected chi connectivity index (χ2v) is 5.18. The van der Waals surface area contributed by atoms with Crippen molar-refractivity contribution in [3.8, 4) is 11.3 Å². The summed E-state index contributed by atoms with van der Waals surface area (Å²) in [7, 11) is 1.80. The van der Waals surface area contributed by atoms with E-state index in [0.29, 0.717) is 11.3 Å². The normalized spacial score (nSPS) is 10.6. The van der Waals surface area contributed by atoms with Crippen LogP contribution >= 0.6 is 0 Å². The first kappa shape index (κ1) is 15.7. The predicted molar refractivity (Wildman–Crippen MR) is 82.9 cm³/mol. The Balaban J connectivity index is 1.65. The van der Waals surface area contributed by atoms with Gasteiger partial charge in [0.1, 0.15) is 0 Å². The lowest BCUT2D eigenvalue weighted by Gasteiger charge is -2.05. The van der Waals surface area contributed by atoms with Gasteiger partial charge in [0, 0.05) is 18.8 Å². The Morgan fingerprint density at radius 3 is 2.62 bits per heavy atom. The number of amides is 1. The van der Waals surface area contributed by atoms with Crippen LogP contribution in [0.2, 0.25) is 0 Å². The molecule has 2 aromatic heterocycles. The third-order valence-corrected chi connectivity index (χ3v) is 3.28. The molecular weight excluding hydrogens is 316 g/mol. The Morgan fingerprint density at radius 2 is 2.00 bits per heavy atom. The highest BCUT2D eigenvalue weighted by atomic mass is 19.2. The van der Waals surface area contributed by atoms with E-state index >= 15 is 0 Å². The Labute approximate surface area is 136 Å². The molecule has 122 valence electrons. The smallest absolute Gasteiger partial charge is 0.229 e. The van der Waals surface area contributed by atoms with Crippen LogP contribution in [0.5, 0.6) is 0 Å². The van der Waals surface area contributed by atoms with Gasteiger partial charge in [0.15, 0.2) is 17.5 Å². The summed E-state index contributed by atoms with van der Waals surface area (Å²) in [6.45, 7) is 0. The summed E-state index contributed by atoms with van der Waals surface area (Å²) in [5.41, 5.74) is 1.80. The van der Waals surface area contributed by atoms with Crippen molar-refractivity contribution in [1.29, 1.82) is 0 Å². The second kappa shape index (κ2) is 6.53. The number of halogens is 2. The predicted octanol–water partition coefficient (Wildman–Crippen LogP) is 2.34. The fourth-order valence-corrected chi connectivity index (χ4v) is 2.13. The van der Waals surface area contributed by atoms with Gasteiger partial charge in [0.05, 0.1) is 18.3 Å². The highest BCUT2D eigenvalue weighted by molar-refractivity contribution is 5.91. The molecule has 0 aliphatic heterocycles. The lowest BCUT2D eigenvalue weighted by molar-refractivity contribution is -0.115. The van der Waals surface area contributed by atoms with Gasteiger partial charge in [-0.3, -0.25) is 9.48 Å². The van der Waals surface area contributed by atoms with Gasteiger partial charge in [-0.25, -0.2) is 8.78 Å². The molecule has 0 unspecified atom stereocenters. The standard InChI is InChI=1S/C16H13F2N5O/c1-23-9-11(8-19-23)14-4-5-15(22-21-14)20-16(24)7-10-2-3-12(17)13(18)6-10/h2-6,8-9H,7H2,1H3,(H,20,22,24). The summed E-state index contributed by atoms with van der Waals surface area (Å²) in [5.74, 6) is -2.06. The fourth-order valence-electron chi connectivity index (χ4n) is 2.13. The van der Waals surface area contributed by atoms with Crippen molar-refractivity contribution in [2.75, 3.05) is 5.32 Å². The highest BCUT2D eigenvalue weighted by Gasteiger charge is 2.09. The van der Waals surface area contributed by atoms with E-state index in [9.17, 15) is 13.6 Å². The zero-order valence-corrected chi connectivity index (χ0v) is 12.7. The van der Waals surface area contributed by atoms with Crippen molar-refractivity contribution in [3.05, 3.63) is 59.9 Å². The molecular formula is C16H13F2N5O. The third kappa shape index (κ3) is 3.60. The Bertz CT molecular complexity index is 876. The molecule has 24 heavy (non-hydrogen) atoms. The number of anilines is 1. The van der Waals surface area contributed by atoms with Crippen LogP contribution in [0.25, 0.3) is 11.3 Å². The molecule has 0 fully saturated rings. The van der Waals surface area contributed by atoms with Crippen molar-refractivity contribution in [2.24, 2.45) is 7.05 Å². The van der Waals surface area contributed by atoms with Crippen LogP contribution in [0.15, 0.2) is 42.7 Å². The largest absolute Gasteiger partial charge is 0.309 e. The van der Waals surface area contributed by atoms with Crippen molar-refractivity contribution < 1.29 is 13.6 Å². The average molecular weight is 329 g/mol. The van der Waals surface area contributed by atoms with E-state index in [4.69, 9.17) is 0 Å². The molecule has 1 N–H and O–H groups in total. The minimum Gasteiger partial charge on any atom is -0.309 e. The molecule has 3 aromatic rings. The molecule has 0 atom stereocenters. The zero-order valence-electron chi connectivity index (χ0n) is 12.7. The number of carbonyl (C=O) groups excluding carboxylic acids is 1. The number of nitrogens with zero attached hydrogens (tertiary/aromatic N) is 4. The highest BCUT2D eigenvalue weighted by Crippen LogP contribution is 2.16. The molecule has 1 amide bonds. The molecule has 0 saturated heterocycles. The Morgan fingerprint density at radius 1 is 1.17 bits per heavy atom. The molecule has 6 nitrogen and oxygen atoms in total. The first-order chi connectivity index (χ1) is 11.5. The number of aryl methyl sites for hydroxylation is 1. The summed E-state index contributed by atoms with van der Waals surface area (Å²) < 4.78 is 27.6. The lowest BCUT2D eigenvalue weighted by Crippen LogP contribution is -2.15. The van der Waals surface area contributed by atoms with Gasteiger partial charge < -0.3 is 5.32 Å². The summed E-state index contributed by atoms with van der Waals surface area (Å²) in [5, 5.41) is 14.5. The first-order valence-electron chi connectivity index (χ1n) is 7.08. The van der Waals surface area contributed by atoms with Gasteiger partial charge in [0.25, 0.3) is 0 Å². The van der Waals surface area contributed by atoms with Crippen LogP contribution in [-0.4, -0.2) is 25.9 Å². The van der Waals surface area contributed by atoms with E-state index in [1.165, 1.54) is 6.07 Å². The molecule has 3 rings (SSSR count). The summed E-state index contributed by atoms with van der Waals surface area (Å²) >= 11 is 0. The Kier molecular flexibility index (Phi) is 4.28. The van der Waals surface area contributed by atoms with Crippen LogP contribution in [0.1, 0.15) is 5.56 Å². The van der Waals surface area contributed by atoms with Crippen molar-refractivity contribution >= 4 is 11.7 Å². The van der Waals surface area contributed by atoms with Crippen LogP contribution in [-0.2, 0) is 18.3 Å². The third-order valence-electron chi connectivity index (χ3n) is 3.28. The van der Waals surface area contributed by atoms with Crippen LogP contribution < -0.4 is 5.32 Å². The van der Waals surface area contributed by atoms with Crippen molar-refractivity contribution in [2.45, 2.75) is 6.42 Å². The minimum absolute atomic E-state index is 0.0940. The van der Waals surface area contributed by atoms with E-state index in [2.05, 4.69) is 20.6 Å². The van der Waals surface area contributed by atoms with Gasteiger partial charge in [-0.15, -0.1) is 10.2 Å². The number of rotatable bonds is 4. The molecule has 2 heterocycles. The molecule has 0 aliphatic carbocycles. The van der Waals surface area contributed by atoms with Crippen molar-refractivity contribution in [3.63, 3.8) is 0 Å². The summed E-state index contributed by atoms with van der Waals surface area (Å²) in [6.07, 6.45) is 3.36. The quantitative estimate of drug-likeness (QED) is 0.797. The van der Waals surface area contributed by atoms with Crippen LogP contribution in [0.3, 0.4) is 0 Å². The van der Waals surface area contributed by atoms with Gasteiger partial charge in [-0.05, 0) is 29.8 Å². The SMILES string of the molecule is Cn1cc(-c2ccc(NC(=O)Cc3ccc(F)c(F)c3)nn2)cn1. The zero-order chi connectivity index (χ0) is 17.1. The number of benzene rings is 1. The molecule has 0 saturated carbocycles. The number of aromatic nitrogens is 4. The topological polar surface area (TPSA) is 72.7 Å². The van der Waals surface area contributed by atoms with Gasteiger partial charge in [-0.2, -0.15) is 5.10 Å². The van der Waals surface area contributed by atoms with Gasteiger partial charge in [0.2, 0.25) is 5.91 Å². The van der Waals surface area contributed by atoms with Crippen LogP contribution in [0.4, 0.5) is 14.6 Å². The fraction of sp³-hybridized carbons (Fsp3) is 0.125. The molecule has 1 aromatic carbocycles.